The van der Waals surface area contributed by atoms with Gasteiger partial charge in [-0.05, 0) is 40.5 Å². The molecule has 0 unspecified atom stereocenters. The van der Waals surface area contributed by atoms with Crippen molar-refractivity contribution >= 4 is 5.69 Å². The Morgan fingerprint density at radius 2 is 1.86 bits per heavy atom. The van der Waals surface area contributed by atoms with Gasteiger partial charge in [0.2, 0.25) is 0 Å². The topological polar surface area (TPSA) is 53.6 Å². The van der Waals surface area contributed by atoms with Gasteiger partial charge in [-0.1, -0.05) is 48.5 Å². The lowest BCUT2D eigenvalue weighted by atomic mass is 9.98. The minimum absolute atomic E-state index is 0.309. The molecule has 1 N–H and O–H groups in total. The first-order chi connectivity index (χ1) is 14.2. The molecule has 0 aliphatic heterocycles. The fraction of sp³-hybridized carbons (Fsp3) is 0.0833. The molecule has 1 heterocycles. The molecular formula is C24H19FN4. The Balaban J connectivity index is 1.51. The summed E-state index contributed by atoms with van der Waals surface area (Å²) < 4.78 is 16.2. The van der Waals surface area contributed by atoms with Crippen LogP contribution >= 0.6 is 0 Å². The van der Waals surface area contributed by atoms with Crippen LogP contribution in [-0.4, -0.2) is 9.55 Å². The maximum absolute atomic E-state index is 14.1. The van der Waals surface area contributed by atoms with Crippen molar-refractivity contribution in [2.45, 2.75) is 13.1 Å². The van der Waals surface area contributed by atoms with Crippen molar-refractivity contribution in [3.63, 3.8) is 0 Å². The Morgan fingerprint density at radius 1 is 1.03 bits per heavy atom. The zero-order valence-electron chi connectivity index (χ0n) is 15.7. The molecule has 0 saturated carbocycles. The van der Waals surface area contributed by atoms with E-state index in [1.807, 2.05) is 35.0 Å². The number of halogens is 1. The van der Waals surface area contributed by atoms with E-state index in [1.165, 1.54) is 11.6 Å². The van der Waals surface area contributed by atoms with E-state index in [-0.39, 0.29) is 0 Å². The Hall–Kier alpha value is -3.91. The van der Waals surface area contributed by atoms with Gasteiger partial charge in [0.15, 0.2) is 0 Å². The van der Waals surface area contributed by atoms with Gasteiger partial charge in [0, 0.05) is 25.5 Å². The van der Waals surface area contributed by atoms with Crippen molar-refractivity contribution < 1.29 is 4.39 Å². The zero-order valence-corrected chi connectivity index (χ0v) is 15.7. The molecular weight excluding hydrogens is 363 g/mol. The van der Waals surface area contributed by atoms with Crippen molar-refractivity contribution in [3.8, 4) is 17.2 Å². The summed E-state index contributed by atoms with van der Waals surface area (Å²) in [5.74, 6) is -0.426. The monoisotopic (exact) mass is 382 g/mol. The molecule has 3 aromatic carbocycles. The Bertz CT molecular complexity index is 1140. The summed E-state index contributed by atoms with van der Waals surface area (Å²) in [6.07, 6.45) is 5.52. The molecule has 4 aromatic rings. The molecule has 4 rings (SSSR count). The van der Waals surface area contributed by atoms with Crippen LogP contribution in [0.1, 0.15) is 16.7 Å². The SMILES string of the molecule is N#Cc1ccc(NCc2ccccc2-c2ccc(Cn3ccnc3)cc2)c(F)c1. The van der Waals surface area contributed by atoms with Crippen LogP contribution in [0.3, 0.4) is 0 Å². The predicted octanol–water partition coefficient (Wildman–Crippen LogP) is 5.22. The number of rotatable bonds is 6. The number of nitrogens with one attached hydrogen (secondary N) is 1. The zero-order chi connectivity index (χ0) is 20.1. The van der Waals surface area contributed by atoms with Crippen LogP contribution in [0.25, 0.3) is 11.1 Å². The molecule has 0 fully saturated rings. The number of benzene rings is 3. The molecule has 0 spiro atoms. The summed E-state index contributed by atoms with van der Waals surface area (Å²) in [4.78, 5) is 4.07. The second-order valence-corrected chi connectivity index (χ2v) is 6.75. The van der Waals surface area contributed by atoms with Gasteiger partial charge in [-0.25, -0.2) is 9.37 Å². The number of anilines is 1. The highest BCUT2D eigenvalue weighted by atomic mass is 19.1. The van der Waals surface area contributed by atoms with Crippen LogP contribution in [0.5, 0.6) is 0 Å². The average molecular weight is 382 g/mol. The maximum Gasteiger partial charge on any atom is 0.147 e. The molecule has 142 valence electrons. The molecule has 5 heteroatoms. The van der Waals surface area contributed by atoms with Gasteiger partial charge in [0.05, 0.1) is 23.6 Å². The molecule has 0 amide bonds. The summed E-state index contributed by atoms with van der Waals surface area (Å²) >= 11 is 0. The van der Waals surface area contributed by atoms with E-state index in [9.17, 15) is 4.39 Å². The van der Waals surface area contributed by atoms with Crippen molar-refractivity contribution in [1.82, 2.24) is 9.55 Å². The average Bonchev–Trinajstić information content (AvgIpc) is 3.27. The number of imidazole rings is 1. The lowest BCUT2D eigenvalue weighted by Crippen LogP contribution is -2.03. The van der Waals surface area contributed by atoms with Crippen molar-refractivity contribution in [3.05, 3.63) is 108 Å². The van der Waals surface area contributed by atoms with Crippen LogP contribution in [0.15, 0.2) is 85.5 Å². The van der Waals surface area contributed by atoms with Gasteiger partial charge in [-0.15, -0.1) is 0 Å². The van der Waals surface area contributed by atoms with Crippen LogP contribution in [0, 0.1) is 17.1 Å². The normalized spacial score (nSPS) is 10.5. The van der Waals surface area contributed by atoms with E-state index in [2.05, 4.69) is 40.6 Å². The first-order valence-corrected chi connectivity index (χ1v) is 9.29. The summed E-state index contributed by atoms with van der Waals surface area (Å²) in [7, 11) is 0. The first kappa shape index (κ1) is 18.5. The smallest absolute Gasteiger partial charge is 0.147 e. The van der Waals surface area contributed by atoms with E-state index in [1.54, 1.807) is 24.7 Å². The first-order valence-electron chi connectivity index (χ1n) is 9.29. The van der Waals surface area contributed by atoms with Gasteiger partial charge < -0.3 is 9.88 Å². The maximum atomic E-state index is 14.1. The Morgan fingerprint density at radius 3 is 2.59 bits per heavy atom. The highest BCUT2D eigenvalue weighted by Gasteiger charge is 2.07. The summed E-state index contributed by atoms with van der Waals surface area (Å²) in [5, 5.41) is 12.0. The van der Waals surface area contributed by atoms with E-state index < -0.39 is 5.82 Å². The fourth-order valence-corrected chi connectivity index (χ4v) is 3.26. The molecule has 4 nitrogen and oxygen atoms in total. The van der Waals surface area contributed by atoms with E-state index >= 15 is 0 Å². The Labute approximate surface area is 168 Å². The number of aromatic nitrogens is 2. The molecule has 0 saturated heterocycles. The van der Waals surface area contributed by atoms with Crippen molar-refractivity contribution in [1.29, 1.82) is 5.26 Å². The standard InChI is InChI=1S/C24H19FN4/c25-23-13-19(14-26)7-10-24(23)28-15-21-3-1-2-4-22(21)20-8-5-18(6-9-20)16-29-12-11-27-17-29/h1-13,17,28H,15-16H2. The molecule has 0 radical (unpaired) electrons. The van der Waals surface area contributed by atoms with Gasteiger partial charge in [-0.3, -0.25) is 0 Å². The van der Waals surface area contributed by atoms with Crippen molar-refractivity contribution in [2.75, 3.05) is 5.32 Å². The van der Waals surface area contributed by atoms with Crippen molar-refractivity contribution in [2.24, 2.45) is 0 Å². The van der Waals surface area contributed by atoms with Crippen LogP contribution in [0.4, 0.5) is 10.1 Å². The fourth-order valence-electron chi connectivity index (χ4n) is 3.26. The minimum Gasteiger partial charge on any atom is -0.379 e. The third-order valence-corrected chi connectivity index (χ3v) is 4.77. The third-order valence-electron chi connectivity index (χ3n) is 4.77. The lowest BCUT2D eigenvalue weighted by molar-refractivity contribution is 0.629. The van der Waals surface area contributed by atoms with Crippen LogP contribution in [-0.2, 0) is 13.1 Å². The van der Waals surface area contributed by atoms with Crippen LogP contribution in [0.2, 0.25) is 0 Å². The summed E-state index contributed by atoms with van der Waals surface area (Å²) in [5.41, 5.74) is 5.17. The Kier molecular flexibility index (Phi) is 5.35. The quantitative estimate of drug-likeness (QED) is 0.497. The number of hydrogen-bond donors (Lipinski definition) is 1. The molecule has 0 atom stereocenters. The molecule has 0 aliphatic carbocycles. The van der Waals surface area contributed by atoms with E-state index in [4.69, 9.17) is 5.26 Å². The molecule has 0 aliphatic rings. The van der Waals surface area contributed by atoms with E-state index in [0.29, 0.717) is 17.8 Å². The summed E-state index contributed by atoms with van der Waals surface area (Å²) in [6, 6.07) is 22.9. The minimum atomic E-state index is -0.426. The predicted molar refractivity (Wildman–Crippen MR) is 112 cm³/mol. The number of nitriles is 1. The lowest BCUT2D eigenvalue weighted by Gasteiger charge is -2.13. The van der Waals surface area contributed by atoms with E-state index in [0.717, 1.165) is 23.2 Å². The van der Waals surface area contributed by atoms with Gasteiger partial charge in [-0.2, -0.15) is 5.26 Å². The highest BCUT2D eigenvalue weighted by molar-refractivity contribution is 5.68. The molecule has 29 heavy (non-hydrogen) atoms. The number of hydrogen-bond acceptors (Lipinski definition) is 3. The van der Waals surface area contributed by atoms with Crippen LogP contribution < -0.4 is 5.32 Å². The summed E-state index contributed by atoms with van der Waals surface area (Å²) in [6.45, 7) is 1.26. The third kappa shape index (κ3) is 4.33. The van der Waals surface area contributed by atoms with Gasteiger partial charge in [0.1, 0.15) is 5.82 Å². The number of nitrogens with zero attached hydrogens (tertiary/aromatic N) is 3. The largest absolute Gasteiger partial charge is 0.379 e. The second kappa shape index (κ2) is 8.41. The highest BCUT2D eigenvalue weighted by Crippen LogP contribution is 2.26. The molecule has 1 aromatic heterocycles. The second-order valence-electron chi connectivity index (χ2n) is 6.75. The molecule has 0 bridgehead atoms. The van der Waals surface area contributed by atoms with Gasteiger partial charge >= 0.3 is 0 Å². The van der Waals surface area contributed by atoms with Gasteiger partial charge in [0.25, 0.3) is 0 Å².